The van der Waals surface area contributed by atoms with Gasteiger partial charge in [0.15, 0.2) is 0 Å². The number of halogens is 1. The monoisotopic (exact) mass is 421 g/mol. The van der Waals surface area contributed by atoms with Crippen LogP contribution in [-0.2, 0) is 13.0 Å². The first kappa shape index (κ1) is 19.3. The van der Waals surface area contributed by atoms with Crippen LogP contribution in [-0.4, -0.2) is 37.8 Å². The van der Waals surface area contributed by atoms with Gasteiger partial charge in [-0.2, -0.15) is 5.10 Å². The number of hydrogen-bond donors (Lipinski definition) is 1. The molecule has 5 rings (SSSR count). The van der Waals surface area contributed by atoms with Crippen LogP contribution in [0.5, 0.6) is 0 Å². The van der Waals surface area contributed by atoms with Crippen molar-refractivity contribution in [1.29, 1.82) is 0 Å². The Kier molecular flexibility index (Phi) is 4.88. The highest BCUT2D eigenvalue weighted by atomic mass is 35.5. The molecule has 0 saturated heterocycles. The maximum atomic E-state index is 13.1. The van der Waals surface area contributed by atoms with E-state index in [2.05, 4.69) is 17.2 Å². The van der Waals surface area contributed by atoms with E-state index in [4.69, 9.17) is 11.6 Å². The lowest BCUT2D eigenvalue weighted by Gasteiger charge is -2.26. The van der Waals surface area contributed by atoms with Crippen molar-refractivity contribution in [3.05, 3.63) is 81.6 Å². The van der Waals surface area contributed by atoms with Gasteiger partial charge in [-0.05, 0) is 73.6 Å². The van der Waals surface area contributed by atoms with Gasteiger partial charge < -0.3 is 10.0 Å². The van der Waals surface area contributed by atoms with E-state index < -0.39 is 6.10 Å². The summed E-state index contributed by atoms with van der Waals surface area (Å²) in [7, 11) is 0. The number of carbonyl (C=O) groups is 1. The molecule has 1 N–H and O–H groups in total. The maximum absolute atomic E-state index is 13.1. The Labute approximate surface area is 180 Å². The lowest BCUT2D eigenvalue weighted by atomic mass is 9.95. The molecule has 1 aliphatic heterocycles. The lowest BCUT2D eigenvalue weighted by Crippen LogP contribution is -2.40. The van der Waals surface area contributed by atoms with Crippen LogP contribution in [0, 0.1) is 6.92 Å². The summed E-state index contributed by atoms with van der Waals surface area (Å²) in [5, 5.41) is 15.2. The van der Waals surface area contributed by atoms with Crippen molar-refractivity contribution in [2.75, 3.05) is 0 Å². The first-order valence-electron chi connectivity index (χ1n) is 10.4. The molecule has 2 aromatic carbocycles. The first-order valence-corrected chi connectivity index (χ1v) is 10.8. The van der Waals surface area contributed by atoms with Crippen LogP contribution in [0.3, 0.4) is 0 Å². The van der Waals surface area contributed by atoms with Crippen LogP contribution < -0.4 is 0 Å². The van der Waals surface area contributed by atoms with E-state index in [1.807, 2.05) is 47.0 Å². The SMILES string of the molecule is Cc1c(Cc2ccc(-n3cccn3)cc2)cc2c(c1Cl)CN(C1CCCC1O)C2=O. The van der Waals surface area contributed by atoms with Gasteiger partial charge >= 0.3 is 0 Å². The molecule has 6 heteroatoms. The van der Waals surface area contributed by atoms with Crippen molar-refractivity contribution in [2.24, 2.45) is 0 Å². The maximum Gasteiger partial charge on any atom is 0.254 e. The zero-order valence-corrected chi connectivity index (χ0v) is 17.6. The Balaban J connectivity index is 1.42. The quantitative estimate of drug-likeness (QED) is 0.683. The molecule has 154 valence electrons. The van der Waals surface area contributed by atoms with E-state index in [0.29, 0.717) is 23.6 Å². The molecule has 1 amide bonds. The van der Waals surface area contributed by atoms with E-state index in [1.54, 1.807) is 6.20 Å². The van der Waals surface area contributed by atoms with E-state index >= 15 is 0 Å². The van der Waals surface area contributed by atoms with Gasteiger partial charge in [-0.15, -0.1) is 0 Å². The van der Waals surface area contributed by atoms with Crippen LogP contribution in [0.1, 0.15) is 51.9 Å². The van der Waals surface area contributed by atoms with Gasteiger partial charge in [0.1, 0.15) is 0 Å². The van der Waals surface area contributed by atoms with Crippen molar-refractivity contribution in [2.45, 2.75) is 51.3 Å². The minimum Gasteiger partial charge on any atom is -0.391 e. The van der Waals surface area contributed by atoms with E-state index in [0.717, 1.165) is 47.2 Å². The number of benzene rings is 2. The predicted octanol–water partition coefficient (Wildman–Crippen LogP) is 4.29. The molecule has 1 saturated carbocycles. The highest BCUT2D eigenvalue weighted by Gasteiger charge is 2.39. The molecule has 3 aromatic rings. The summed E-state index contributed by atoms with van der Waals surface area (Å²) in [6, 6.07) is 12.1. The molecule has 0 spiro atoms. The molecule has 1 aliphatic carbocycles. The van der Waals surface area contributed by atoms with Crippen LogP contribution in [0.2, 0.25) is 5.02 Å². The predicted molar refractivity (Wildman–Crippen MR) is 116 cm³/mol. The molecule has 0 radical (unpaired) electrons. The summed E-state index contributed by atoms with van der Waals surface area (Å²) in [4.78, 5) is 14.9. The number of fused-ring (bicyclic) bond motifs is 1. The Bertz CT molecular complexity index is 1090. The van der Waals surface area contributed by atoms with Crippen molar-refractivity contribution in [3.63, 3.8) is 0 Å². The second-order valence-electron chi connectivity index (χ2n) is 8.29. The molecule has 0 bridgehead atoms. The average molecular weight is 422 g/mol. The standard InChI is InChI=1S/C24H24ClN3O2/c1-15-17(12-16-6-8-18(9-7-16)28-11-3-10-26-28)13-19-20(23(15)25)14-27(24(19)30)21-4-2-5-22(21)29/h3,6-11,13,21-22,29H,2,4-5,12,14H2,1H3. The van der Waals surface area contributed by atoms with Crippen molar-refractivity contribution in [3.8, 4) is 5.69 Å². The molecule has 2 aliphatic rings. The number of hydrogen-bond acceptors (Lipinski definition) is 3. The Morgan fingerprint density at radius 3 is 2.70 bits per heavy atom. The first-order chi connectivity index (χ1) is 14.5. The largest absolute Gasteiger partial charge is 0.391 e. The Morgan fingerprint density at radius 2 is 2.03 bits per heavy atom. The molecule has 2 heterocycles. The van der Waals surface area contributed by atoms with Crippen LogP contribution in [0.25, 0.3) is 5.69 Å². The normalized spacial score (nSPS) is 20.8. The van der Waals surface area contributed by atoms with Gasteiger partial charge in [0.2, 0.25) is 0 Å². The van der Waals surface area contributed by atoms with Gasteiger partial charge in [0.05, 0.1) is 17.8 Å². The fourth-order valence-electron chi connectivity index (χ4n) is 4.74. The minimum absolute atomic E-state index is 0.00636. The molecule has 5 nitrogen and oxygen atoms in total. The molecule has 1 fully saturated rings. The number of aromatic nitrogens is 2. The molecular weight excluding hydrogens is 398 g/mol. The van der Waals surface area contributed by atoms with Gasteiger partial charge in [0, 0.05) is 35.1 Å². The van der Waals surface area contributed by atoms with Gasteiger partial charge in [0.25, 0.3) is 5.91 Å². The van der Waals surface area contributed by atoms with Crippen LogP contribution in [0.4, 0.5) is 0 Å². The molecule has 2 unspecified atom stereocenters. The number of rotatable bonds is 4. The summed E-state index contributed by atoms with van der Waals surface area (Å²) in [5.41, 5.74) is 5.83. The Hall–Kier alpha value is -2.63. The number of aliphatic hydroxyl groups is 1. The average Bonchev–Trinajstić information content (AvgIpc) is 3.48. The summed E-state index contributed by atoms with van der Waals surface area (Å²) in [6.07, 6.45) is 6.52. The van der Waals surface area contributed by atoms with Crippen LogP contribution in [0.15, 0.2) is 48.8 Å². The minimum atomic E-state index is -0.434. The number of carbonyl (C=O) groups excluding carboxylic acids is 1. The number of amides is 1. The third-order valence-electron chi connectivity index (χ3n) is 6.48. The summed E-state index contributed by atoms with van der Waals surface area (Å²) in [5.74, 6) is -0.00636. The number of aliphatic hydroxyl groups excluding tert-OH is 1. The molecule has 30 heavy (non-hydrogen) atoms. The van der Waals surface area contributed by atoms with Crippen molar-refractivity contribution >= 4 is 17.5 Å². The van der Waals surface area contributed by atoms with Crippen molar-refractivity contribution in [1.82, 2.24) is 14.7 Å². The fraction of sp³-hybridized carbons (Fsp3) is 0.333. The lowest BCUT2D eigenvalue weighted by molar-refractivity contribution is 0.0479. The van der Waals surface area contributed by atoms with E-state index in [1.165, 1.54) is 0 Å². The smallest absolute Gasteiger partial charge is 0.254 e. The highest BCUT2D eigenvalue weighted by Crippen LogP contribution is 2.38. The second-order valence-corrected chi connectivity index (χ2v) is 8.67. The number of nitrogens with zero attached hydrogens (tertiary/aromatic N) is 3. The highest BCUT2D eigenvalue weighted by molar-refractivity contribution is 6.33. The van der Waals surface area contributed by atoms with Gasteiger partial charge in [-0.3, -0.25) is 4.79 Å². The van der Waals surface area contributed by atoms with Gasteiger partial charge in [-0.1, -0.05) is 23.7 Å². The van der Waals surface area contributed by atoms with E-state index in [-0.39, 0.29) is 11.9 Å². The zero-order chi connectivity index (χ0) is 20.8. The topological polar surface area (TPSA) is 58.4 Å². The van der Waals surface area contributed by atoms with Crippen molar-refractivity contribution < 1.29 is 9.90 Å². The third kappa shape index (κ3) is 3.22. The molecular formula is C24H24ClN3O2. The summed E-state index contributed by atoms with van der Waals surface area (Å²) >= 11 is 6.72. The summed E-state index contributed by atoms with van der Waals surface area (Å²) < 4.78 is 1.83. The van der Waals surface area contributed by atoms with Crippen LogP contribution >= 0.6 is 11.6 Å². The molecule has 1 aromatic heterocycles. The molecule has 2 atom stereocenters. The summed E-state index contributed by atoms with van der Waals surface area (Å²) in [6.45, 7) is 2.52. The van der Waals surface area contributed by atoms with Gasteiger partial charge in [-0.25, -0.2) is 4.68 Å². The zero-order valence-electron chi connectivity index (χ0n) is 16.9. The second kappa shape index (κ2) is 7.56. The van der Waals surface area contributed by atoms with E-state index in [9.17, 15) is 9.90 Å². The third-order valence-corrected chi connectivity index (χ3v) is 6.99. The fourth-order valence-corrected chi connectivity index (χ4v) is 5.02. The Morgan fingerprint density at radius 1 is 1.23 bits per heavy atom.